The molecule has 0 aliphatic heterocycles. The van der Waals surface area contributed by atoms with E-state index in [1.807, 2.05) is 18.7 Å². The number of carbonyl (C=O) groups excluding carboxylic acids is 2. The number of rotatable bonds is 10. The van der Waals surface area contributed by atoms with Gasteiger partial charge < -0.3 is 9.80 Å². The van der Waals surface area contributed by atoms with Crippen molar-refractivity contribution in [3.8, 4) is 0 Å². The molecule has 4 nitrogen and oxygen atoms in total. The molecule has 0 saturated carbocycles. The first-order valence-electron chi connectivity index (χ1n) is 9.36. The van der Waals surface area contributed by atoms with Gasteiger partial charge in [-0.05, 0) is 37.0 Å². The lowest BCUT2D eigenvalue weighted by Crippen LogP contribution is -2.32. The molecule has 1 aromatic rings. The van der Waals surface area contributed by atoms with Gasteiger partial charge in [-0.3, -0.25) is 9.59 Å². The zero-order valence-electron chi connectivity index (χ0n) is 16.3. The maximum absolute atomic E-state index is 12.6. The van der Waals surface area contributed by atoms with Gasteiger partial charge in [-0.15, -0.1) is 0 Å². The van der Waals surface area contributed by atoms with Gasteiger partial charge in [0.2, 0.25) is 11.8 Å². The topological polar surface area (TPSA) is 40.6 Å². The summed E-state index contributed by atoms with van der Waals surface area (Å²) in [6.07, 6.45) is -1.51. The highest BCUT2D eigenvalue weighted by Gasteiger charge is 2.30. The Labute approximate surface area is 159 Å². The molecule has 0 heterocycles. The first kappa shape index (κ1) is 23.0. The number of hydrogen-bond donors (Lipinski definition) is 0. The van der Waals surface area contributed by atoms with Crippen LogP contribution in [0, 0.1) is 0 Å². The summed E-state index contributed by atoms with van der Waals surface area (Å²) >= 11 is 0. The second-order valence-electron chi connectivity index (χ2n) is 6.68. The number of hydrogen-bond acceptors (Lipinski definition) is 2. The highest BCUT2D eigenvalue weighted by Crippen LogP contribution is 2.29. The van der Waals surface area contributed by atoms with Crippen LogP contribution in [0.15, 0.2) is 24.3 Å². The molecule has 0 atom stereocenters. The fraction of sp³-hybridized carbons (Fsp3) is 0.600. The summed E-state index contributed by atoms with van der Waals surface area (Å²) in [5, 5.41) is 0. The van der Waals surface area contributed by atoms with Crippen molar-refractivity contribution in [3.05, 3.63) is 35.4 Å². The van der Waals surface area contributed by atoms with Crippen molar-refractivity contribution in [3.63, 3.8) is 0 Å². The summed E-state index contributed by atoms with van der Waals surface area (Å²) < 4.78 is 37.7. The predicted octanol–water partition coefficient (Wildman–Crippen LogP) is 4.48. The molecule has 27 heavy (non-hydrogen) atoms. The zero-order valence-corrected chi connectivity index (χ0v) is 16.3. The van der Waals surface area contributed by atoms with Crippen molar-refractivity contribution >= 4 is 11.8 Å². The van der Waals surface area contributed by atoms with Crippen LogP contribution in [0.3, 0.4) is 0 Å². The van der Waals surface area contributed by atoms with Gasteiger partial charge in [-0.2, -0.15) is 13.2 Å². The van der Waals surface area contributed by atoms with Gasteiger partial charge in [0.15, 0.2) is 0 Å². The van der Waals surface area contributed by atoms with E-state index in [4.69, 9.17) is 0 Å². The van der Waals surface area contributed by atoms with Crippen molar-refractivity contribution in [1.29, 1.82) is 0 Å². The third-order valence-electron chi connectivity index (χ3n) is 4.25. The maximum Gasteiger partial charge on any atom is 0.416 e. The fourth-order valence-corrected chi connectivity index (χ4v) is 2.80. The Morgan fingerprint density at radius 2 is 1.44 bits per heavy atom. The average molecular weight is 386 g/mol. The van der Waals surface area contributed by atoms with Crippen LogP contribution in [0.2, 0.25) is 0 Å². The Morgan fingerprint density at radius 3 is 1.93 bits per heavy atom. The smallest absolute Gasteiger partial charge is 0.343 e. The van der Waals surface area contributed by atoms with E-state index in [-0.39, 0.29) is 24.8 Å². The van der Waals surface area contributed by atoms with Gasteiger partial charge >= 0.3 is 6.18 Å². The van der Waals surface area contributed by atoms with E-state index in [0.29, 0.717) is 18.4 Å². The molecule has 0 aliphatic carbocycles. The molecule has 0 unspecified atom stereocenters. The fourth-order valence-electron chi connectivity index (χ4n) is 2.80. The van der Waals surface area contributed by atoms with Gasteiger partial charge in [0.05, 0.1) is 5.56 Å². The van der Waals surface area contributed by atoms with Crippen LogP contribution in [0.5, 0.6) is 0 Å². The van der Waals surface area contributed by atoms with Crippen molar-refractivity contribution in [2.24, 2.45) is 0 Å². The summed E-state index contributed by atoms with van der Waals surface area (Å²) in [5.41, 5.74) is -0.0746. The Morgan fingerprint density at radius 1 is 0.926 bits per heavy atom. The quantitative estimate of drug-likeness (QED) is 0.595. The SMILES string of the molecule is CCCN(CCC)C(=O)CCCC(=O)N(C)Cc1ccc(C(F)(F)F)cc1. The highest BCUT2D eigenvalue weighted by atomic mass is 19.4. The normalized spacial score (nSPS) is 11.3. The van der Waals surface area contributed by atoms with Crippen molar-refractivity contribution in [2.45, 2.75) is 58.7 Å². The lowest BCUT2D eigenvalue weighted by Gasteiger charge is -2.22. The molecule has 1 rings (SSSR count). The standard InChI is InChI=1S/C20H29F3N2O2/c1-4-13-25(14-5-2)19(27)8-6-7-18(26)24(3)15-16-9-11-17(12-10-16)20(21,22)23/h9-12H,4-8,13-15H2,1-3H3. The van der Waals surface area contributed by atoms with E-state index in [9.17, 15) is 22.8 Å². The first-order chi connectivity index (χ1) is 12.7. The average Bonchev–Trinajstić information content (AvgIpc) is 2.61. The monoisotopic (exact) mass is 386 g/mol. The molecule has 0 bridgehead atoms. The third kappa shape index (κ3) is 8.01. The maximum atomic E-state index is 12.6. The van der Waals surface area contributed by atoms with E-state index >= 15 is 0 Å². The molecule has 152 valence electrons. The number of halogens is 3. The molecular formula is C20H29F3N2O2. The van der Waals surface area contributed by atoms with Crippen LogP contribution >= 0.6 is 0 Å². The molecule has 2 amide bonds. The van der Waals surface area contributed by atoms with Crippen LogP contribution in [-0.4, -0.2) is 41.8 Å². The summed E-state index contributed by atoms with van der Waals surface area (Å²) in [7, 11) is 1.61. The largest absolute Gasteiger partial charge is 0.416 e. The molecule has 0 spiro atoms. The molecule has 0 saturated heterocycles. The van der Waals surface area contributed by atoms with Gasteiger partial charge in [0.25, 0.3) is 0 Å². The summed E-state index contributed by atoms with van der Waals surface area (Å²) in [4.78, 5) is 27.7. The van der Waals surface area contributed by atoms with Crippen molar-refractivity contribution in [2.75, 3.05) is 20.1 Å². The second-order valence-corrected chi connectivity index (χ2v) is 6.68. The summed E-state index contributed by atoms with van der Waals surface area (Å²) in [5.74, 6) is -0.0582. The Balaban J connectivity index is 2.45. The molecular weight excluding hydrogens is 357 g/mol. The van der Waals surface area contributed by atoms with E-state index in [1.54, 1.807) is 7.05 Å². The van der Waals surface area contributed by atoms with E-state index < -0.39 is 11.7 Å². The van der Waals surface area contributed by atoms with Crippen LogP contribution in [-0.2, 0) is 22.3 Å². The van der Waals surface area contributed by atoms with Crippen LogP contribution in [0.4, 0.5) is 13.2 Å². The molecule has 0 fully saturated rings. The minimum atomic E-state index is -4.36. The molecule has 0 aromatic heterocycles. The lowest BCUT2D eigenvalue weighted by molar-refractivity contribution is -0.137. The first-order valence-corrected chi connectivity index (χ1v) is 9.36. The third-order valence-corrected chi connectivity index (χ3v) is 4.25. The predicted molar refractivity (Wildman–Crippen MR) is 98.9 cm³/mol. The number of nitrogens with zero attached hydrogens (tertiary/aromatic N) is 2. The molecule has 0 aliphatic rings. The van der Waals surface area contributed by atoms with Crippen LogP contribution in [0.25, 0.3) is 0 Å². The van der Waals surface area contributed by atoms with Crippen LogP contribution < -0.4 is 0 Å². The molecule has 7 heteroatoms. The van der Waals surface area contributed by atoms with Gasteiger partial charge in [0.1, 0.15) is 0 Å². The minimum Gasteiger partial charge on any atom is -0.343 e. The number of benzene rings is 1. The Hall–Kier alpha value is -2.05. The minimum absolute atomic E-state index is 0.0666. The number of carbonyl (C=O) groups is 2. The highest BCUT2D eigenvalue weighted by molar-refractivity contribution is 5.79. The van der Waals surface area contributed by atoms with Crippen molar-refractivity contribution in [1.82, 2.24) is 9.80 Å². The van der Waals surface area contributed by atoms with E-state index in [2.05, 4.69) is 0 Å². The zero-order chi connectivity index (χ0) is 20.4. The summed E-state index contributed by atoms with van der Waals surface area (Å²) in [6.45, 7) is 5.75. The number of amides is 2. The Kier molecular flexibility index (Phi) is 9.32. The molecule has 0 radical (unpaired) electrons. The summed E-state index contributed by atoms with van der Waals surface area (Å²) in [6, 6.07) is 4.79. The van der Waals surface area contributed by atoms with E-state index in [0.717, 1.165) is 38.1 Å². The van der Waals surface area contributed by atoms with E-state index in [1.165, 1.54) is 17.0 Å². The number of alkyl halides is 3. The second kappa shape index (κ2) is 10.9. The van der Waals surface area contributed by atoms with Gasteiger partial charge in [-0.25, -0.2) is 0 Å². The van der Waals surface area contributed by atoms with Gasteiger partial charge in [0, 0.05) is 39.5 Å². The Bertz CT molecular complexity index is 594. The van der Waals surface area contributed by atoms with Crippen LogP contribution in [0.1, 0.15) is 57.1 Å². The van der Waals surface area contributed by atoms with Crippen molar-refractivity contribution < 1.29 is 22.8 Å². The lowest BCUT2D eigenvalue weighted by atomic mass is 10.1. The molecule has 0 N–H and O–H groups in total. The van der Waals surface area contributed by atoms with Gasteiger partial charge in [-0.1, -0.05) is 26.0 Å². The molecule has 1 aromatic carbocycles.